The third-order valence-electron chi connectivity index (χ3n) is 3.01. The number of nitrogens with zero attached hydrogens (tertiary/aromatic N) is 2. The minimum absolute atomic E-state index is 0.330. The van der Waals surface area contributed by atoms with E-state index in [-0.39, 0.29) is 0 Å². The van der Waals surface area contributed by atoms with E-state index in [0.717, 1.165) is 15.8 Å². The minimum atomic E-state index is -3.28. The fourth-order valence-electron chi connectivity index (χ4n) is 2.12. The lowest BCUT2D eigenvalue weighted by Gasteiger charge is -2.06. The number of sulfone groups is 1. The van der Waals surface area contributed by atoms with E-state index in [0.29, 0.717) is 16.3 Å². The number of aryl methyl sites for hydroxylation is 1. The topological polar surface area (TPSA) is 59.9 Å². The molecule has 0 aliphatic heterocycles. The summed E-state index contributed by atoms with van der Waals surface area (Å²) < 4.78 is 24.8. The van der Waals surface area contributed by atoms with Gasteiger partial charge in [0.1, 0.15) is 5.82 Å². The number of thiophene rings is 1. The minimum Gasteiger partial charge on any atom is -0.240 e. The third kappa shape index (κ3) is 2.21. The summed E-state index contributed by atoms with van der Waals surface area (Å²) in [5.74, 6) is 0.675. The molecule has 0 fully saturated rings. The highest BCUT2D eigenvalue weighted by atomic mass is 32.2. The number of fused-ring (bicyclic) bond motifs is 1. The quantitative estimate of drug-likeness (QED) is 0.730. The van der Waals surface area contributed by atoms with E-state index in [1.165, 1.54) is 17.6 Å². The SMILES string of the molecule is Cc1ncc2scc(-c3ccccc3S(C)(=O)=O)c2n1. The molecular formula is C14H12N2O2S2. The molecule has 0 radical (unpaired) electrons. The molecule has 0 bridgehead atoms. The summed E-state index contributed by atoms with van der Waals surface area (Å²) in [6, 6.07) is 7.01. The van der Waals surface area contributed by atoms with Crippen LogP contribution in [0.4, 0.5) is 0 Å². The van der Waals surface area contributed by atoms with Crippen LogP contribution in [0, 0.1) is 6.92 Å². The summed E-state index contributed by atoms with van der Waals surface area (Å²) in [6.07, 6.45) is 3.00. The van der Waals surface area contributed by atoms with Crippen LogP contribution in [0.25, 0.3) is 21.3 Å². The van der Waals surface area contributed by atoms with Crippen molar-refractivity contribution in [2.24, 2.45) is 0 Å². The molecule has 0 atom stereocenters. The maximum atomic E-state index is 11.9. The average Bonchev–Trinajstić information content (AvgIpc) is 2.80. The molecule has 0 amide bonds. The Hall–Kier alpha value is -1.79. The van der Waals surface area contributed by atoms with Crippen LogP contribution in [0.5, 0.6) is 0 Å². The molecule has 0 aliphatic rings. The molecule has 6 heteroatoms. The van der Waals surface area contributed by atoms with Crippen molar-refractivity contribution in [1.29, 1.82) is 0 Å². The van der Waals surface area contributed by atoms with Crippen LogP contribution >= 0.6 is 11.3 Å². The van der Waals surface area contributed by atoms with Crippen LogP contribution in [0.15, 0.2) is 40.7 Å². The molecule has 3 rings (SSSR count). The van der Waals surface area contributed by atoms with Crippen LogP contribution in [0.1, 0.15) is 5.82 Å². The number of hydrogen-bond acceptors (Lipinski definition) is 5. The molecule has 2 heterocycles. The van der Waals surface area contributed by atoms with E-state index in [1.807, 2.05) is 24.4 Å². The van der Waals surface area contributed by atoms with E-state index in [1.54, 1.807) is 18.3 Å². The van der Waals surface area contributed by atoms with Gasteiger partial charge in [0.25, 0.3) is 0 Å². The first-order chi connectivity index (χ1) is 9.47. The highest BCUT2D eigenvalue weighted by molar-refractivity contribution is 7.90. The van der Waals surface area contributed by atoms with Gasteiger partial charge in [-0.25, -0.2) is 18.4 Å². The summed E-state index contributed by atoms with van der Waals surface area (Å²) in [6.45, 7) is 1.82. The number of benzene rings is 1. The average molecular weight is 304 g/mol. The van der Waals surface area contributed by atoms with Gasteiger partial charge in [0.2, 0.25) is 0 Å². The Morgan fingerprint density at radius 2 is 1.90 bits per heavy atom. The molecule has 0 unspecified atom stereocenters. The normalized spacial score (nSPS) is 11.9. The molecule has 0 spiro atoms. The monoisotopic (exact) mass is 304 g/mol. The molecule has 0 N–H and O–H groups in total. The van der Waals surface area contributed by atoms with Crippen LogP contribution in [0.3, 0.4) is 0 Å². The van der Waals surface area contributed by atoms with Gasteiger partial charge in [-0.3, -0.25) is 0 Å². The molecule has 20 heavy (non-hydrogen) atoms. The van der Waals surface area contributed by atoms with Crippen molar-refractivity contribution in [3.63, 3.8) is 0 Å². The first kappa shape index (κ1) is 13.2. The molecular weight excluding hydrogens is 292 g/mol. The predicted octanol–water partition coefficient (Wildman–Crippen LogP) is 3.07. The van der Waals surface area contributed by atoms with Crippen molar-refractivity contribution < 1.29 is 8.42 Å². The van der Waals surface area contributed by atoms with E-state index in [2.05, 4.69) is 9.97 Å². The summed E-state index contributed by atoms with van der Waals surface area (Å²) in [5.41, 5.74) is 2.34. The Morgan fingerprint density at radius 1 is 1.15 bits per heavy atom. The van der Waals surface area contributed by atoms with E-state index in [4.69, 9.17) is 0 Å². The molecule has 102 valence electrons. The molecule has 0 saturated carbocycles. The number of hydrogen-bond donors (Lipinski definition) is 0. The fraction of sp³-hybridized carbons (Fsp3) is 0.143. The van der Waals surface area contributed by atoms with Crippen molar-refractivity contribution in [2.45, 2.75) is 11.8 Å². The fourth-order valence-corrected chi connectivity index (χ4v) is 3.89. The van der Waals surface area contributed by atoms with E-state index < -0.39 is 9.84 Å². The van der Waals surface area contributed by atoms with Crippen LogP contribution in [-0.4, -0.2) is 24.6 Å². The standard InChI is InChI=1S/C14H12N2O2S2/c1-9-15-7-12-14(16-9)11(8-19-12)10-5-3-4-6-13(10)20(2,17)18/h3-8H,1-2H3. The zero-order valence-electron chi connectivity index (χ0n) is 11.0. The lowest BCUT2D eigenvalue weighted by atomic mass is 10.1. The Kier molecular flexibility index (Phi) is 3.07. The van der Waals surface area contributed by atoms with Gasteiger partial charge in [0, 0.05) is 29.0 Å². The van der Waals surface area contributed by atoms with Crippen LogP contribution < -0.4 is 0 Å². The maximum absolute atomic E-state index is 11.9. The van der Waals surface area contributed by atoms with Gasteiger partial charge in [0.05, 0.1) is 15.1 Å². The highest BCUT2D eigenvalue weighted by Crippen LogP contribution is 2.35. The zero-order valence-corrected chi connectivity index (χ0v) is 12.6. The van der Waals surface area contributed by atoms with Gasteiger partial charge in [-0.15, -0.1) is 11.3 Å². The van der Waals surface area contributed by atoms with Crippen molar-refractivity contribution in [1.82, 2.24) is 9.97 Å². The second-order valence-electron chi connectivity index (χ2n) is 4.55. The lowest BCUT2D eigenvalue weighted by molar-refractivity contribution is 0.602. The molecule has 3 aromatic rings. The zero-order chi connectivity index (χ0) is 14.3. The number of rotatable bonds is 2. The van der Waals surface area contributed by atoms with Gasteiger partial charge in [-0.2, -0.15) is 0 Å². The van der Waals surface area contributed by atoms with Crippen molar-refractivity contribution in [3.8, 4) is 11.1 Å². The van der Waals surface area contributed by atoms with Gasteiger partial charge in [0.15, 0.2) is 9.84 Å². The maximum Gasteiger partial charge on any atom is 0.176 e. The van der Waals surface area contributed by atoms with E-state index in [9.17, 15) is 8.42 Å². The third-order valence-corrected chi connectivity index (χ3v) is 5.07. The molecule has 1 aromatic carbocycles. The second-order valence-corrected chi connectivity index (χ2v) is 7.44. The molecule has 2 aromatic heterocycles. The molecule has 4 nitrogen and oxygen atoms in total. The van der Waals surface area contributed by atoms with Gasteiger partial charge in [-0.1, -0.05) is 18.2 Å². The largest absolute Gasteiger partial charge is 0.240 e. The summed E-state index contributed by atoms with van der Waals surface area (Å²) in [7, 11) is -3.28. The molecule has 0 aliphatic carbocycles. The Labute approximate surface area is 121 Å². The van der Waals surface area contributed by atoms with Crippen molar-refractivity contribution in [2.75, 3.05) is 6.26 Å². The first-order valence-electron chi connectivity index (χ1n) is 5.97. The van der Waals surface area contributed by atoms with E-state index >= 15 is 0 Å². The first-order valence-corrected chi connectivity index (χ1v) is 8.74. The molecule has 0 saturated heterocycles. The van der Waals surface area contributed by atoms with Gasteiger partial charge in [-0.05, 0) is 13.0 Å². The van der Waals surface area contributed by atoms with Gasteiger partial charge < -0.3 is 0 Å². The predicted molar refractivity (Wildman–Crippen MR) is 80.7 cm³/mol. The summed E-state index contributed by atoms with van der Waals surface area (Å²) in [4.78, 5) is 8.94. The Morgan fingerprint density at radius 3 is 2.65 bits per heavy atom. The second kappa shape index (κ2) is 4.64. The summed E-state index contributed by atoms with van der Waals surface area (Å²) in [5, 5.41) is 1.93. The Balaban J connectivity index is 2.35. The lowest BCUT2D eigenvalue weighted by Crippen LogP contribution is -1.99. The summed E-state index contributed by atoms with van der Waals surface area (Å²) >= 11 is 1.52. The van der Waals surface area contributed by atoms with Gasteiger partial charge >= 0.3 is 0 Å². The Bertz CT molecular complexity index is 898. The van der Waals surface area contributed by atoms with Crippen LogP contribution in [0.2, 0.25) is 0 Å². The highest BCUT2D eigenvalue weighted by Gasteiger charge is 2.17. The number of aromatic nitrogens is 2. The van der Waals surface area contributed by atoms with Crippen LogP contribution in [-0.2, 0) is 9.84 Å². The smallest absolute Gasteiger partial charge is 0.176 e. The van der Waals surface area contributed by atoms with Crippen molar-refractivity contribution in [3.05, 3.63) is 41.7 Å². The van der Waals surface area contributed by atoms with Crippen molar-refractivity contribution >= 4 is 31.4 Å².